The van der Waals surface area contributed by atoms with E-state index in [0.29, 0.717) is 17.3 Å². The predicted octanol–water partition coefficient (Wildman–Crippen LogP) is 6.85. The number of pyridine rings is 1. The van der Waals surface area contributed by atoms with E-state index in [-0.39, 0.29) is 0 Å². The van der Waals surface area contributed by atoms with Crippen molar-refractivity contribution in [3.8, 4) is 11.6 Å². The van der Waals surface area contributed by atoms with E-state index in [1.54, 1.807) is 6.20 Å². The van der Waals surface area contributed by atoms with Gasteiger partial charge in [-0.15, -0.1) is 0 Å². The molecule has 5 nitrogen and oxygen atoms in total. The maximum absolute atomic E-state index is 6.07. The standard InChI is InChI=1S/C26H29N3O2/c1-26(2,3)16-8-18-29(25-28-22-9-4-5-10-23(22)31-25)19-20-12-14-21(15-13-20)30-24-11-6-7-17-27-24/h4-7,9-15,17H,8,16,18-19H2,1-3H3. The van der Waals surface area contributed by atoms with Gasteiger partial charge in [0, 0.05) is 25.4 Å². The van der Waals surface area contributed by atoms with Crippen LogP contribution in [0.15, 0.2) is 77.3 Å². The van der Waals surface area contributed by atoms with Crippen molar-refractivity contribution < 1.29 is 9.15 Å². The highest BCUT2D eigenvalue weighted by Crippen LogP contribution is 2.27. The summed E-state index contributed by atoms with van der Waals surface area (Å²) < 4.78 is 11.9. The second-order valence-electron chi connectivity index (χ2n) is 8.96. The van der Waals surface area contributed by atoms with Crippen molar-refractivity contribution in [3.63, 3.8) is 0 Å². The Balaban J connectivity index is 1.49. The third-order valence-electron chi connectivity index (χ3n) is 5.06. The highest BCUT2D eigenvalue weighted by Gasteiger charge is 2.17. The summed E-state index contributed by atoms with van der Waals surface area (Å²) in [5.41, 5.74) is 3.18. The minimum absolute atomic E-state index is 0.303. The van der Waals surface area contributed by atoms with E-state index >= 15 is 0 Å². The number of fused-ring (bicyclic) bond motifs is 1. The molecule has 2 aromatic carbocycles. The van der Waals surface area contributed by atoms with Crippen LogP contribution < -0.4 is 9.64 Å². The minimum atomic E-state index is 0.303. The molecule has 0 atom stereocenters. The van der Waals surface area contributed by atoms with Gasteiger partial charge in [-0.1, -0.05) is 51.1 Å². The lowest BCUT2D eigenvalue weighted by Gasteiger charge is -2.24. The number of aromatic nitrogens is 2. The van der Waals surface area contributed by atoms with Crippen molar-refractivity contribution >= 4 is 17.1 Å². The molecule has 2 aromatic heterocycles. The molecule has 5 heteroatoms. The van der Waals surface area contributed by atoms with Crippen molar-refractivity contribution in [2.45, 2.75) is 40.2 Å². The maximum atomic E-state index is 6.07. The molecule has 0 unspecified atom stereocenters. The van der Waals surface area contributed by atoms with Gasteiger partial charge in [0.2, 0.25) is 5.88 Å². The van der Waals surface area contributed by atoms with Gasteiger partial charge in [0.05, 0.1) is 0 Å². The molecule has 0 radical (unpaired) electrons. The topological polar surface area (TPSA) is 51.4 Å². The van der Waals surface area contributed by atoms with Gasteiger partial charge >= 0.3 is 0 Å². The summed E-state index contributed by atoms with van der Waals surface area (Å²) in [5.74, 6) is 1.36. The van der Waals surface area contributed by atoms with E-state index in [1.165, 1.54) is 5.56 Å². The number of oxazole rings is 1. The Morgan fingerprint density at radius 3 is 2.42 bits per heavy atom. The van der Waals surface area contributed by atoms with Crippen LogP contribution in [0.4, 0.5) is 6.01 Å². The van der Waals surface area contributed by atoms with Crippen LogP contribution in [0.5, 0.6) is 11.6 Å². The SMILES string of the molecule is CC(C)(C)CCCN(Cc1ccc(Oc2ccccn2)cc1)c1nc2ccccc2o1. The first-order valence-corrected chi connectivity index (χ1v) is 10.7. The van der Waals surface area contributed by atoms with E-state index in [2.05, 4.69) is 42.8 Å². The van der Waals surface area contributed by atoms with Gasteiger partial charge in [0.1, 0.15) is 11.3 Å². The number of nitrogens with zero attached hydrogens (tertiary/aromatic N) is 3. The summed E-state index contributed by atoms with van der Waals surface area (Å²) in [7, 11) is 0. The summed E-state index contributed by atoms with van der Waals surface area (Å²) >= 11 is 0. The van der Waals surface area contributed by atoms with Crippen LogP contribution in [-0.2, 0) is 6.54 Å². The Hall–Kier alpha value is -3.34. The van der Waals surface area contributed by atoms with E-state index in [0.717, 1.165) is 42.8 Å². The molecular weight excluding hydrogens is 386 g/mol. The van der Waals surface area contributed by atoms with Gasteiger partial charge in [0.25, 0.3) is 6.01 Å². The van der Waals surface area contributed by atoms with Crippen molar-refractivity contribution in [1.82, 2.24) is 9.97 Å². The molecule has 0 amide bonds. The lowest BCUT2D eigenvalue weighted by molar-refractivity contribution is 0.364. The second-order valence-corrected chi connectivity index (χ2v) is 8.96. The molecule has 0 aliphatic carbocycles. The van der Waals surface area contributed by atoms with Crippen molar-refractivity contribution in [3.05, 3.63) is 78.5 Å². The molecule has 0 aliphatic rings. The zero-order valence-electron chi connectivity index (χ0n) is 18.4. The second kappa shape index (κ2) is 9.21. The molecule has 4 rings (SSSR count). The van der Waals surface area contributed by atoms with Gasteiger partial charge in [0.15, 0.2) is 5.58 Å². The number of ether oxygens (including phenoxy) is 1. The smallest absolute Gasteiger partial charge is 0.298 e. The molecule has 0 spiro atoms. The summed E-state index contributed by atoms with van der Waals surface area (Å²) in [5, 5.41) is 0. The molecule has 0 saturated heterocycles. The van der Waals surface area contributed by atoms with Crippen LogP contribution in [0, 0.1) is 5.41 Å². The van der Waals surface area contributed by atoms with Crippen LogP contribution in [0.1, 0.15) is 39.2 Å². The average Bonchev–Trinajstić information content (AvgIpc) is 3.18. The zero-order valence-corrected chi connectivity index (χ0v) is 18.4. The normalized spacial score (nSPS) is 11.6. The average molecular weight is 416 g/mol. The quantitative estimate of drug-likeness (QED) is 0.315. The summed E-state index contributed by atoms with van der Waals surface area (Å²) in [6.45, 7) is 8.43. The summed E-state index contributed by atoms with van der Waals surface area (Å²) in [6, 6.07) is 22.3. The molecule has 4 aromatic rings. The fourth-order valence-electron chi connectivity index (χ4n) is 3.45. The Morgan fingerprint density at radius 2 is 1.71 bits per heavy atom. The zero-order chi connectivity index (χ0) is 21.7. The summed E-state index contributed by atoms with van der Waals surface area (Å²) in [4.78, 5) is 11.2. The number of rotatable bonds is 8. The number of hydrogen-bond donors (Lipinski definition) is 0. The Kier molecular flexibility index (Phi) is 6.21. The van der Waals surface area contributed by atoms with Crippen LogP contribution in [0.25, 0.3) is 11.1 Å². The van der Waals surface area contributed by atoms with Gasteiger partial charge in [-0.2, -0.15) is 4.98 Å². The van der Waals surface area contributed by atoms with Gasteiger partial charge in [-0.3, -0.25) is 0 Å². The van der Waals surface area contributed by atoms with Crippen LogP contribution >= 0.6 is 0 Å². The Labute approximate surface area is 183 Å². The number of para-hydroxylation sites is 2. The Bertz CT molecular complexity index is 1070. The third kappa shape index (κ3) is 5.85. The molecule has 0 bridgehead atoms. The fourth-order valence-corrected chi connectivity index (χ4v) is 3.45. The van der Waals surface area contributed by atoms with Gasteiger partial charge in [-0.25, -0.2) is 4.98 Å². The molecule has 160 valence electrons. The summed E-state index contributed by atoms with van der Waals surface area (Å²) in [6.07, 6.45) is 3.93. The van der Waals surface area contributed by atoms with Crippen LogP contribution in [-0.4, -0.2) is 16.5 Å². The van der Waals surface area contributed by atoms with Crippen LogP contribution in [0.2, 0.25) is 0 Å². The Morgan fingerprint density at radius 1 is 0.935 bits per heavy atom. The number of anilines is 1. The first-order chi connectivity index (χ1) is 15.0. The maximum Gasteiger partial charge on any atom is 0.298 e. The molecule has 0 fully saturated rings. The van der Waals surface area contributed by atoms with Crippen LogP contribution in [0.3, 0.4) is 0 Å². The van der Waals surface area contributed by atoms with E-state index < -0.39 is 0 Å². The van der Waals surface area contributed by atoms with Crippen molar-refractivity contribution in [2.75, 3.05) is 11.4 Å². The van der Waals surface area contributed by atoms with Crippen molar-refractivity contribution in [1.29, 1.82) is 0 Å². The molecule has 0 saturated carbocycles. The third-order valence-corrected chi connectivity index (χ3v) is 5.06. The lowest BCUT2D eigenvalue weighted by atomic mass is 9.90. The monoisotopic (exact) mass is 415 g/mol. The van der Waals surface area contributed by atoms with Gasteiger partial charge < -0.3 is 14.1 Å². The minimum Gasteiger partial charge on any atom is -0.439 e. The largest absolute Gasteiger partial charge is 0.439 e. The van der Waals surface area contributed by atoms with E-state index in [1.807, 2.05) is 54.6 Å². The molecule has 0 N–H and O–H groups in total. The van der Waals surface area contributed by atoms with Crippen molar-refractivity contribution in [2.24, 2.45) is 5.41 Å². The molecule has 31 heavy (non-hydrogen) atoms. The molecule has 0 aliphatic heterocycles. The highest BCUT2D eigenvalue weighted by molar-refractivity contribution is 5.74. The number of benzene rings is 2. The van der Waals surface area contributed by atoms with E-state index in [4.69, 9.17) is 14.1 Å². The lowest BCUT2D eigenvalue weighted by Crippen LogP contribution is -2.25. The first kappa shape index (κ1) is 20.9. The van der Waals surface area contributed by atoms with E-state index in [9.17, 15) is 0 Å². The molecule has 2 heterocycles. The number of hydrogen-bond acceptors (Lipinski definition) is 5. The fraction of sp³-hybridized carbons (Fsp3) is 0.308. The molecular formula is C26H29N3O2. The first-order valence-electron chi connectivity index (χ1n) is 10.7. The predicted molar refractivity (Wildman–Crippen MR) is 125 cm³/mol. The highest BCUT2D eigenvalue weighted by atomic mass is 16.5. The van der Waals surface area contributed by atoms with Gasteiger partial charge in [-0.05, 0) is 54.2 Å².